The molecule has 6 nitrogen and oxygen atoms in total. The predicted octanol–water partition coefficient (Wildman–Crippen LogP) is 0.847. The standard InChI is InChI=1S/C12H18ClN3O3S.ClH/c1-16(9-12(17)15-8-2-7-14)20(18,19)11-5-3-10(13)4-6-11;/h3-6H,2,7-9,14H2,1H3,(H,15,17);1H. The number of sulfonamides is 1. The summed E-state index contributed by atoms with van der Waals surface area (Å²) in [6.45, 7) is 0.666. The van der Waals surface area contributed by atoms with Gasteiger partial charge in [0.05, 0.1) is 11.4 Å². The highest BCUT2D eigenvalue weighted by molar-refractivity contribution is 7.89. The minimum Gasteiger partial charge on any atom is -0.355 e. The third-order valence-corrected chi connectivity index (χ3v) is 4.66. The Balaban J connectivity index is 0.00000400. The number of carbonyl (C=O) groups is 1. The molecule has 3 N–H and O–H groups in total. The number of benzene rings is 1. The Bertz CT molecular complexity index is 549. The Hall–Kier alpha value is -0.860. The fourth-order valence-electron chi connectivity index (χ4n) is 1.46. The first-order valence-electron chi connectivity index (χ1n) is 6.06. The molecule has 120 valence electrons. The zero-order valence-corrected chi connectivity index (χ0v) is 14.0. The van der Waals surface area contributed by atoms with E-state index < -0.39 is 10.0 Å². The molecule has 0 aromatic heterocycles. The highest BCUT2D eigenvalue weighted by Gasteiger charge is 2.22. The van der Waals surface area contributed by atoms with Crippen LogP contribution in [0.25, 0.3) is 0 Å². The van der Waals surface area contributed by atoms with Crippen LogP contribution >= 0.6 is 24.0 Å². The van der Waals surface area contributed by atoms with Gasteiger partial charge in [0.15, 0.2) is 0 Å². The molecule has 0 heterocycles. The van der Waals surface area contributed by atoms with E-state index in [0.717, 1.165) is 4.31 Å². The minimum atomic E-state index is -3.69. The Morgan fingerprint density at radius 1 is 1.33 bits per heavy atom. The van der Waals surface area contributed by atoms with E-state index >= 15 is 0 Å². The van der Waals surface area contributed by atoms with Gasteiger partial charge in [0, 0.05) is 18.6 Å². The molecular formula is C12H19Cl2N3O3S. The molecule has 1 rings (SSSR count). The summed E-state index contributed by atoms with van der Waals surface area (Å²) >= 11 is 5.71. The third kappa shape index (κ3) is 6.19. The van der Waals surface area contributed by atoms with Gasteiger partial charge in [0.25, 0.3) is 0 Å². The number of hydrogen-bond acceptors (Lipinski definition) is 4. The van der Waals surface area contributed by atoms with Crippen molar-refractivity contribution < 1.29 is 13.2 Å². The van der Waals surface area contributed by atoms with E-state index in [1.807, 2.05) is 0 Å². The van der Waals surface area contributed by atoms with Crippen molar-refractivity contribution in [1.29, 1.82) is 0 Å². The van der Waals surface area contributed by atoms with Crippen LogP contribution in [0.2, 0.25) is 5.02 Å². The number of carbonyl (C=O) groups excluding carboxylic acids is 1. The maximum Gasteiger partial charge on any atom is 0.243 e. The molecule has 0 bridgehead atoms. The Morgan fingerprint density at radius 3 is 2.43 bits per heavy atom. The van der Waals surface area contributed by atoms with E-state index in [4.69, 9.17) is 17.3 Å². The van der Waals surface area contributed by atoms with Gasteiger partial charge in [-0.15, -0.1) is 12.4 Å². The lowest BCUT2D eigenvalue weighted by Crippen LogP contribution is -2.38. The zero-order chi connectivity index (χ0) is 15.2. The number of nitrogens with two attached hydrogens (primary N) is 1. The molecule has 21 heavy (non-hydrogen) atoms. The average Bonchev–Trinajstić information content (AvgIpc) is 2.39. The number of halogens is 2. The molecule has 0 unspecified atom stereocenters. The molecule has 1 aromatic rings. The van der Waals surface area contributed by atoms with Gasteiger partial charge in [0.1, 0.15) is 0 Å². The molecule has 0 aliphatic rings. The molecular weight excluding hydrogens is 337 g/mol. The molecule has 0 fully saturated rings. The molecule has 1 aromatic carbocycles. The number of likely N-dealkylation sites (N-methyl/N-ethyl adjacent to an activating group) is 1. The van der Waals surface area contributed by atoms with Crippen LogP contribution in [0.1, 0.15) is 6.42 Å². The van der Waals surface area contributed by atoms with E-state index in [2.05, 4.69) is 5.32 Å². The second-order valence-corrected chi connectivity index (χ2v) is 6.69. The summed E-state index contributed by atoms with van der Waals surface area (Å²) in [6.07, 6.45) is 0.652. The van der Waals surface area contributed by atoms with Crippen molar-refractivity contribution in [1.82, 2.24) is 9.62 Å². The average molecular weight is 356 g/mol. The van der Waals surface area contributed by atoms with Crippen molar-refractivity contribution in [2.75, 3.05) is 26.7 Å². The molecule has 0 saturated heterocycles. The highest BCUT2D eigenvalue weighted by atomic mass is 35.5. The van der Waals surface area contributed by atoms with Gasteiger partial charge in [-0.3, -0.25) is 4.79 Å². The maximum atomic E-state index is 12.2. The van der Waals surface area contributed by atoms with Gasteiger partial charge in [-0.25, -0.2) is 8.42 Å². The first-order valence-corrected chi connectivity index (χ1v) is 7.88. The Kier molecular flexibility index (Phi) is 8.84. The first kappa shape index (κ1) is 20.1. The van der Waals surface area contributed by atoms with Crippen molar-refractivity contribution in [2.24, 2.45) is 5.73 Å². The second-order valence-electron chi connectivity index (χ2n) is 4.21. The summed E-state index contributed by atoms with van der Waals surface area (Å²) in [5.74, 6) is -0.363. The highest BCUT2D eigenvalue weighted by Crippen LogP contribution is 2.17. The predicted molar refractivity (Wildman–Crippen MR) is 85.2 cm³/mol. The van der Waals surface area contributed by atoms with Crippen molar-refractivity contribution in [2.45, 2.75) is 11.3 Å². The minimum absolute atomic E-state index is 0. The van der Waals surface area contributed by atoms with Gasteiger partial charge in [-0.1, -0.05) is 11.6 Å². The number of nitrogens with zero attached hydrogens (tertiary/aromatic N) is 1. The van der Waals surface area contributed by atoms with Crippen molar-refractivity contribution in [3.05, 3.63) is 29.3 Å². The number of amides is 1. The number of nitrogens with one attached hydrogen (secondary N) is 1. The van der Waals surface area contributed by atoms with Crippen LogP contribution in [-0.2, 0) is 14.8 Å². The zero-order valence-electron chi connectivity index (χ0n) is 11.6. The summed E-state index contributed by atoms with van der Waals surface area (Å²) in [4.78, 5) is 11.7. The van der Waals surface area contributed by atoms with E-state index in [-0.39, 0.29) is 29.8 Å². The smallest absolute Gasteiger partial charge is 0.243 e. The maximum absolute atomic E-state index is 12.2. The molecule has 0 spiro atoms. The molecule has 0 saturated carbocycles. The molecule has 0 aliphatic heterocycles. The van der Waals surface area contributed by atoms with E-state index in [1.54, 1.807) is 0 Å². The summed E-state index contributed by atoms with van der Waals surface area (Å²) < 4.78 is 25.4. The quantitative estimate of drug-likeness (QED) is 0.709. The van der Waals surface area contributed by atoms with Gasteiger partial charge in [-0.2, -0.15) is 4.31 Å². The monoisotopic (exact) mass is 355 g/mol. The first-order chi connectivity index (χ1) is 9.37. The number of hydrogen-bond donors (Lipinski definition) is 2. The van der Waals surface area contributed by atoms with Crippen LogP contribution in [0, 0.1) is 0 Å². The topological polar surface area (TPSA) is 92.5 Å². The molecule has 9 heteroatoms. The summed E-state index contributed by atoms with van der Waals surface area (Å²) in [5, 5.41) is 3.05. The Morgan fingerprint density at radius 2 is 1.90 bits per heavy atom. The lowest BCUT2D eigenvalue weighted by Gasteiger charge is -2.16. The van der Waals surface area contributed by atoms with Gasteiger partial charge in [0.2, 0.25) is 15.9 Å². The normalized spacial score (nSPS) is 11.0. The van der Waals surface area contributed by atoms with Gasteiger partial charge >= 0.3 is 0 Å². The van der Waals surface area contributed by atoms with E-state index in [9.17, 15) is 13.2 Å². The second kappa shape index (κ2) is 9.22. The van der Waals surface area contributed by atoms with Crippen LogP contribution in [0.5, 0.6) is 0 Å². The fraction of sp³-hybridized carbons (Fsp3) is 0.417. The van der Waals surface area contributed by atoms with Crippen LogP contribution < -0.4 is 11.1 Å². The lowest BCUT2D eigenvalue weighted by molar-refractivity contribution is -0.121. The van der Waals surface area contributed by atoms with Gasteiger partial charge in [-0.05, 0) is 37.2 Å². The SMILES string of the molecule is CN(CC(=O)NCCCN)S(=O)(=O)c1ccc(Cl)cc1.Cl. The van der Waals surface area contributed by atoms with E-state index in [0.29, 0.717) is 24.5 Å². The molecule has 0 aliphatic carbocycles. The van der Waals surface area contributed by atoms with Crippen molar-refractivity contribution >= 4 is 39.9 Å². The van der Waals surface area contributed by atoms with Crippen LogP contribution in [-0.4, -0.2) is 45.3 Å². The van der Waals surface area contributed by atoms with E-state index in [1.165, 1.54) is 31.3 Å². The van der Waals surface area contributed by atoms with Crippen molar-refractivity contribution in [3.8, 4) is 0 Å². The van der Waals surface area contributed by atoms with Crippen LogP contribution in [0.3, 0.4) is 0 Å². The Labute approximate surface area is 136 Å². The largest absolute Gasteiger partial charge is 0.355 e. The lowest BCUT2D eigenvalue weighted by atomic mass is 10.4. The molecule has 0 atom stereocenters. The summed E-state index contributed by atoms with van der Waals surface area (Å²) in [6, 6.07) is 5.79. The number of rotatable bonds is 7. The van der Waals surface area contributed by atoms with Crippen LogP contribution in [0.4, 0.5) is 0 Å². The summed E-state index contributed by atoms with van der Waals surface area (Å²) in [7, 11) is -2.34. The molecule has 0 radical (unpaired) electrons. The molecule has 1 amide bonds. The van der Waals surface area contributed by atoms with Crippen molar-refractivity contribution in [3.63, 3.8) is 0 Å². The van der Waals surface area contributed by atoms with Gasteiger partial charge < -0.3 is 11.1 Å². The third-order valence-electron chi connectivity index (χ3n) is 2.59. The summed E-state index contributed by atoms with van der Waals surface area (Å²) in [5.41, 5.74) is 5.31. The van der Waals surface area contributed by atoms with Crippen LogP contribution in [0.15, 0.2) is 29.2 Å². The fourth-order valence-corrected chi connectivity index (χ4v) is 2.71.